The van der Waals surface area contributed by atoms with Gasteiger partial charge >= 0.3 is 0 Å². The summed E-state index contributed by atoms with van der Waals surface area (Å²) in [6, 6.07) is 10.7. The highest BCUT2D eigenvalue weighted by molar-refractivity contribution is 7.14. The molecule has 1 saturated carbocycles. The number of halogens is 1. The number of anilines is 3. The Balaban J connectivity index is 1.27. The normalized spacial score (nSPS) is 17.6. The van der Waals surface area contributed by atoms with Gasteiger partial charge in [0.2, 0.25) is 0 Å². The number of aliphatic hydroxyl groups excluding tert-OH is 1. The van der Waals surface area contributed by atoms with E-state index in [1.165, 1.54) is 12.1 Å². The van der Waals surface area contributed by atoms with Crippen molar-refractivity contribution < 1.29 is 9.50 Å². The number of aliphatic hydroxyl groups is 1. The van der Waals surface area contributed by atoms with Crippen molar-refractivity contribution >= 4 is 33.6 Å². The lowest BCUT2D eigenvalue weighted by Gasteiger charge is -2.38. The van der Waals surface area contributed by atoms with Crippen molar-refractivity contribution in [1.29, 1.82) is 0 Å². The van der Waals surface area contributed by atoms with Gasteiger partial charge in [-0.25, -0.2) is 14.4 Å². The minimum absolute atomic E-state index is 0.249. The van der Waals surface area contributed by atoms with Crippen LogP contribution in [0.3, 0.4) is 0 Å². The number of pyridine rings is 1. The van der Waals surface area contributed by atoms with Gasteiger partial charge in [0, 0.05) is 50.4 Å². The number of nitrogens with zero attached hydrogens (tertiary/aromatic N) is 6. The van der Waals surface area contributed by atoms with E-state index in [0.29, 0.717) is 5.92 Å². The summed E-state index contributed by atoms with van der Waals surface area (Å²) >= 11 is 1.57. The minimum Gasteiger partial charge on any atom is -0.378 e. The van der Waals surface area contributed by atoms with Gasteiger partial charge < -0.3 is 14.9 Å². The van der Waals surface area contributed by atoms with E-state index in [-0.39, 0.29) is 12.0 Å². The lowest BCUT2D eigenvalue weighted by molar-refractivity contribution is -0.0158. The molecule has 1 aliphatic heterocycles. The molecule has 1 aromatic carbocycles. The number of rotatable bonds is 7. The molecule has 6 rings (SSSR count). The molecule has 3 aromatic heterocycles. The summed E-state index contributed by atoms with van der Waals surface area (Å²) in [7, 11) is 2.03. The van der Waals surface area contributed by atoms with Crippen LogP contribution in [0, 0.1) is 11.7 Å². The van der Waals surface area contributed by atoms with E-state index in [0.717, 1.165) is 84.7 Å². The van der Waals surface area contributed by atoms with Crippen LogP contribution in [0.2, 0.25) is 0 Å². The molecular formula is C27H31FN6OS. The van der Waals surface area contributed by atoms with E-state index in [1.807, 2.05) is 12.4 Å². The molecule has 2 fully saturated rings. The van der Waals surface area contributed by atoms with Crippen molar-refractivity contribution in [3.63, 3.8) is 0 Å². The van der Waals surface area contributed by atoms with Gasteiger partial charge in [-0.2, -0.15) is 0 Å². The molecule has 4 heterocycles. The minimum atomic E-state index is -0.284. The predicted molar refractivity (Wildman–Crippen MR) is 143 cm³/mol. The number of aromatic nitrogens is 3. The van der Waals surface area contributed by atoms with Crippen molar-refractivity contribution in [2.24, 2.45) is 5.92 Å². The SMILES string of the molecule is CCc1nc2ccc(N3CCN(C(O)C4CC4)CC3)cn2c1N(C)c1nc(-c2ccc(F)cc2)cs1. The highest BCUT2D eigenvalue weighted by Crippen LogP contribution is 2.36. The largest absolute Gasteiger partial charge is 0.378 e. The summed E-state index contributed by atoms with van der Waals surface area (Å²) in [5.41, 5.74) is 4.82. The topological polar surface area (TPSA) is 60.1 Å². The summed E-state index contributed by atoms with van der Waals surface area (Å²) in [6.07, 6.45) is 5.01. The Bertz CT molecular complexity index is 1360. The maximum Gasteiger partial charge on any atom is 0.191 e. The zero-order chi connectivity index (χ0) is 24.8. The van der Waals surface area contributed by atoms with Crippen LogP contribution < -0.4 is 9.80 Å². The molecule has 7 nitrogen and oxygen atoms in total. The molecule has 1 N–H and O–H groups in total. The summed E-state index contributed by atoms with van der Waals surface area (Å²) in [5.74, 6) is 1.23. The second-order valence-corrected chi connectivity index (χ2v) is 10.5. The van der Waals surface area contributed by atoms with Gasteiger partial charge in [-0.1, -0.05) is 6.92 Å². The molecular weight excluding hydrogens is 475 g/mol. The van der Waals surface area contributed by atoms with Crippen LogP contribution in [0.5, 0.6) is 0 Å². The number of benzene rings is 1. The summed E-state index contributed by atoms with van der Waals surface area (Å²) in [6.45, 7) is 5.65. The Hall–Kier alpha value is -3.01. The molecule has 36 heavy (non-hydrogen) atoms. The predicted octanol–water partition coefficient (Wildman–Crippen LogP) is 4.78. The number of imidazole rings is 1. The Labute approximate surface area is 214 Å². The van der Waals surface area contributed by atoms with Gasteiger partial charge in [-0.15, -0.1) is 11.3 Å². The molecule has 0 amide bonds. The second kappa shape index (κ2) is 9.46. The van der Waals surface area contributed by atoms with Crippen LogP contribution in [0.4, 0.5) is 21.0 Å². The van der Waals surface area contributed by atoms with Crippen LogP contribution >= 0.6 is 11.3 Å². The number of hydrogen-bond donors (Lipinski definition) is 1. The van der Waals surface area contributed by atoms with Crippen LogP contribution in [-0.4, -0.2) is 63.8 Å². The Kier molecular flexibility index (Phi) is 6.15. The van der Waals surface area contributed by atoms with E-state index >= 15 is 0 Å². The van der Waals surface area contributed by atoms with Crippen LogP contribution in [0.15, 0.2) is 48.0 Å². The van der Waals surface area contributed by atoms with Gasteiger partial charge in [0.15, 0.2) is 5.13 Å². The lowest BCUT2D eigenvalue weighted by atomic mass is 10.2. The van der Waals surface area contributed by atoms with E-state index in [2.05, 4.69) is 44.4 Å². The molecule has 4 aromatic rings. The van der Waals surface area contributed by atoms with Crippen molar-refractivity contribution in [3.05, 3.63) is 59.5 Å². The molecule has 0 bridgehead atoms. The number of fused-ring (bicyclic) bond motifs is 1. The molecule has 1 unspecified atom stereocenters. The molecule has 0 spiro atoms. The first-order valence-corrected chi connectivity index (χ1v) is 13.5. The number of aryl methyl sites for hydroxylation is 1. The first-order valence-electron chi connectivity index (χ1n) is 12.6. The third-order valence-corrected chi connectivity index (χ3v) is 8.23. The molecule has 1 aliphatic carbocycles. The number of thiazole rings is 1. The van der Waals surface area contributed by atoms with Crippen molar-refractivity contribution in [2.45, 2.75) is 32.4 Å². The monoisotopic (exact) mass is 506 g/mol. The average molecular weight is 507 g/mol. The third kappa shape index (κ3) is 4.36. The first kappa shape index (κ1) is 23.4. The van der Waals surface area contributed by atoms with Crippen LogP contribution in [-0.2, 0) is 6.42 Å². The Morgan fingerprint density at radius 3 is 2.53 bits per heavy atom. The highest BCUT2D eigenvalue weighted by atomic mass is 32.1. The molecule has 9 heteroatoms. The lowest BCUT2D eigenvalue weighted by Crippen LogP contribution is -2.51. The fourth-order valence-corrected chi connectivity index (χ4v) is 5.85. The molecule has 1 atom stereocenters. The number of hydrogen-bond acceptors (Lipinski definition) is 7. The van der Waals surface area contributed by atoms with Gasteiger partial charge in [0.25, 0.3) is 0 Å². The van der Waals surface area contributed by atoms with Crippen molar-refractivity contribution in [1.82, 2.24) is 19.3 Å². The Morgan fingerprint density at radius 2 is 1.83 bits per heavy atom. The van der Waals surface area contributed by atoms with E-state index < -0.39 is 0 Å². The second-order valence-electron chi connectivity index (χ2n) is 9.71. The fraction of sp³-hybridized carbons (Fsp3) is 0.407. The van der Waals surface area contributed by atoms with E-state index in [4.69, 9.17) is 9.97 Å². The van der Waals surface area contributed by atoms with Crippen molar-refractivity contribution in [3.8, 4) is 11.3 Å². The van der Waals surface area contributed by atoms with Crippen LogP contribution in [0.1, 0.15) is 25.5 Å². The maximum absolute atomic E-state index is 13.4. The average Bonchev–Trinajstić information content (AvgIpc) is 3.52. The first-order chi connectivity index (χ1) is 17.5. The highest BCUT2D eigenvalue weighted by Gasteiger charge is 2.35. The van der Waals surface area contributed by atoms with Gasteiger partial charge in [0.1, 0.15) is 23.5 Å². The van der Waals surface area contributed by atoms with Gasteiger partial charge in [-0.3, -0.25) is 9.30 Å². The van der Waals surface area contributed by atoms with E-state index in [9.17, 15) is 9.50 Å². The summed E-state index contributed by atoms with van der Waals surface area (Å²) in [5, 5.41) is 13.4. The standard InChI is InChI=1S/C27H31FN6OS/c1-3-22-25(31(2)27-30-23(17-36-27)18-6-8-20(28)9-7-18)34-16-21(10-11-24(34)29-22)32-12-14-33(15-13-32)26(35)19-4-5-19/h6-11,16-17,19,26,35H,3-5,12-15H2,1-2H3. The zero-order valence-corrected chi connectivity index (χ0v) is 21.5. The summed E-state index contributed by atoms with van der Waals surface area (Å²) < 4.78 is 15.5. The van der Waals surface area contributed by atoms with Gasteiger partial charge in [0.05, 0.1) is 17.1 Å². The Morgan fingerprint density at radius 1 is 1.08 bits per heavy atom. The summed E-state index contributed by atoms with van der Waals surface area (Å²) in [4.78, 5) is 16.5. The fourth-order valence-electron chi connectivity index (χ4n) is 5.05. The maximum atomic E-state index is 13.4. The third-order valence-electron chi connectivity index (χ3n) is 7.32. The number of piperazine rings is 1. The van der Waals surface area contributed by atoms with Gasteiger partial charge in [-0.05, 0) is 61.6 Å². The zero-order valence-electron chi connectivity index (χ0n) is 20.6. The van der Waals surface area contributed by atoms with Crippen molar-refractivity contribution in [2.75, 3.05) is 43.0 Å². The molecule has 0 radical (unpaired) electrons. The molecule has 2 aliphatic rings. The smallest absolute Gasteiger partial charge is 0.191 e. The molecule has 1 saturated heterocycles. The van der Waals surface area contributed by atoms with Crippen LogP contribution in [0.25, 0.3) is 16.9 Å². The quantitative estimate of drug-likeness (QED) is 0.389. The molecule has 188 valence electrons. The van der Waals surface area contributed by atoms with E-state index in [1.54, 1.807) is 23.5 Å².